The van der Waals surface area contributed by atoms with E-state index in [4.69, 9.17) is 9.73 Å². The van der Waals surface area contributed by atoms with E-state index in [2.05, 4.69) is 78.9 Å². The molecule has 1 radical (unpaired) electrons. The molecule has 1 aliphatic heterocycles. The van der Waals surface area contributed by atoms with Crippen molar-refractivity contribution in [3.63, 3.8) is 0 Å². The number of fused-ring (bicyclic) bond motifs is 3. The Balaban J connectivity index is 0.00000242. The van der Waals surface area contributed by atoms with Gasteiger partial charge in [0.1, 0.15) is 0 Å². The van der Waals surface area contributed by atoms with Gasteiger partial charge >= 0.3 is 0 Å². The normalized spacial score (nSPS) is 22.9. The van der Waals surface area contributed by atoms with Gasteiger partial charge in [-0.05, 0) is 135 Å². The second-order valence-corrected chi connectivity index (χ2v) is 15.8. The van der Waals surface area contributed by atoms with Crippen LogP contribution in [0.15, 0.2) is 89.9 Å². The van der Waals surface area contributed by atoms with Crippen molar-refractivity contribution in [3.05, 3.63) is 118 Å². The van der Waals surface area contributed by atoms with Crippen LogP contribution in [0.5, 0.6) is 0 Å². The summed E-state index contributed by atoms with van der Waals surface area (Å²) in [7, 11) is 0. The molecule has 2 atom stereocenters. The zero-order valence-corrected chi connectivity index (χ0v) is 28.9. The average Bonchev–Trinajstić information content (AvgIpc) is 3.98. The smallest absolute Gasteiger partial charge is 0.195 e. The first-order chi connectivity index (χ1) is 24.3. The van der Waals surface area contributed by atoms with Gasteiger partial charge in [-0.2, -0.15) is 30.3 Å². The van der Waals surface area contributed by atoms with Crippen molar-refractivity contribution in [1.82, 2.24) is 0 Å². The van der Waals surface area contributed by atoms with Crippen LogP contribution in [0.4, 0.5) is 0 Å². The SMILES string of the molecule is [Y].[c-]1cccc(C2=NC34C5=c6ccc7c8ccc9c%10ccc%11c%12ccc%13c%14c(c%15c%16c3c6c7c3c8c9c6c%10c%11c(c%14%12)c%15c6c%163)C4(O2)C=%13C=C5)c1. The third kappa shape index (κ3) is 1.63. The zero-order valence-electron chi connectivity index (χ0n) is 26.0. The standard InChI is InChI=1S/C47H14NO.Y/c1-2-4-16(5-3-1)45-48-46-25-14-15-26-24-13-11-22-20-9-7-18-17-6-8-19-21-10-12-23(25)33-31(21)36-29(19)27(17)35-28(18)30(20)37-32(22)34(24)44(47(26,46)49-45)42-40(37)38(35)39(36)41(42)43(33)46;/h1-2,4-15H;/q-1;. The summed E-state index contributed by atoms with van der Waals surface area (Å²) in [6.45, 7) is 0. The van der Waals surface area contributed by atoms with E-state index in [-0.39, 0.29) is 32.7 Å². The van der Waals surface area contributed by atoms with Gasteiger partial charge in [0.15, 0.2) is 17.0 Å². The number of nitrogens with zero attached hydrogens (tertiary/aromatic N) is 1. The number of ether oxygens (including phenoxy) is 1. The van der Waals surface area contributed by atoms with E-state index >= 15 is 0 Å². The molecule has 5 aliphatic rings. The van der Waals surface area contributed by atoms with E-state index < -0.39 is 11.1 Å². The Bertz CT molecular complexity index is 4060. The van der Waals surface area contributed by atoms with Crippen molar-refractivity contribution in [2.24, 2.45) is 4.99 Å². The number of rotatable bonds is 1. The summed E-state index contributed by atoms with van der Waals surface area (Å²) in [5, 5.41) is 34.5. The van der Waals surface area contributed by atoms with Crippen LogP contribution in [0.3, 0.4) is 0 Å². The maximum atomic E-state index is 7.71. The minimum absolute atomic E-state index is 0. The Labute approximate surface area is 305 Å². The van der Waals surface area contributed by atoms with Gasteiger partial charge in [-0.3, -0.25) is 0 Å². The third-order valence-corrected chi connectivity index (χ3v) is 14.7. The topological polar surface area (TPSA) is 21.6 Å². The van der Waals surface area contributed by atoms with Crippen LogP contribution in [0.25, 0.3) is 130 Å². The van der Waals surface area contributed by atoms with Crippen LogP contribution in [0.2, 0.25) is 0 Å². The van der Waals surface area contributed by atoms with Crippen molar-refractivity contribution in [3.8, 4) is 0 Å². The molecule has 2 unspecified atom stereocenters. The fourth-order valence-corrected chi connectivity index (χ4v) is 13.6. The maximum absolute atomic E-state index is 7.71. The van der Waals surface area contributed by atoms with Crippen LogP contribution in [-0.2, 0) is 48.6 Å². The maximum Gasteiger partial charge on any atom is 0.195 e. The molecule has 217 valence electrons. The van der Waals surface area contributed by atoms with Crippen molar-refractivity contribution in [2.75, 3.05) is 0 Å². The molecule has 1 heterocycles. The van der Waals surface area contributed by atoms with Gasteiger partial charge in [0.2, 0.25) is 0 Å². The molecule has 50 heavy (non-hydrogen) atoms. The largest absolute Gasteiger partial charge is 0.468 e. The van der Waals surface area contributed by atoms with Crippen molar-refractivity contribution >= 4 is 136 Å². The number of benzene rings is 9. The average molecular weight is 698 g/mol. The third-order valence-electron chi connectivity index (χ3n) is 14.7. The molecule has 4 aliphatic carbocycles. The van der Waals surface area contributed by atoms with E-state index in [1.165, 1.54) is 151 Å². The summed E-state index contributed by atoms with van der Waals surface area (Å²) in [5.74, 6) is 0.734. The quantitative estimate of drug-likeness (QED) is 0.124. The number of aliphatic imine (C=N–C) groups is 1. The summed E-state index contributed by atoms with van der Waals surface area (Å²) in [6.07, 6.45) is 4.82. The molecule has 0 amide bonds. The number of hydrogen-bond acceptors (Lipinski definition) is 2. The van der Waals surface area contributed by atoms with Crippen LogP contribution < -0.4 is 10.4 Å². The van der Waals surface area contributed by atoms with Crippen LogP contribution in [-0.4, -0.2) is 5.90 Å². The monoisotopic (exact) mass is 697 g/mol. The van der Waals surface area contributed by atoms with E-state index in [0.717, 1.165) is 11.5 Å². The Morgan fingerprint density at radius 2 is 0.960 bits per heavy atom. The van der Waals surface area contributed by atoms with Gasteiger partial charge in [0, 0.05) is 49.4 Å². The molecule has 18 rings (SSSR count). The second-order valence-electron chi connectivity index (χ2n) is 15.8. The molecule has 0 fully saturated rings. The van der Waals surface area contributed by atoms with Crippen LogP contribution >= 0.6 is 0 Å². The van der Waals surface area contributed by atoms with Gasteiger partial charge in [-0.25, -0.2) is 4.99 Å². The second kappa shape index (κ2) is 6.21. The molecule has 0 saturated heterocycles. The van der Waals surface area contributed by atoms with E-state index in [1.807, 2.05) is 12.1 Å². The van der Waals surface area contributed by atoms with Gasteiger partial charge < -0.3 is 4.74 Å². The fraction of sp³-hybridized carbons (Fsp3) is 0.0426. The summed E-state index contributed by atoms with van der Waals surface area (Å²) in [5.41, 5.74) is 4.85. The van der Waals surface area contributed by atoms with Gasteiger partial charge in [-0.1, -0.05) is 66.2 Å². The summed E-state index contributed by atoms with van der Waals surface area (Å²) in [4.78, 5) is 5.96. The predicted molar refractivity (Wildman–Crippen MR) is 200 cm³/mol. The molecule has 0 aromatic heterocycles. The van der Waals surface area contributed by atoms with Crippen LogP contribution in [0.1, 0.15) is 16.7 Å². The van der Waals surface area contributed by atoms with E-state index in [9.17, 15) is 0 Å². The molecule has 13 aromatic carbocycles. The summed E-state index contributed by atoms with van der Waals surface area (Å²) < 4.78 is 7.71. The predicted octanol–water partition coefficient (Wildman–Crippen LogP) is 9.45. The molecule has 0 N–H and O–H groups in total. The van der Waals surface area contributed by atoms with Crippen molar-refractivity contribution < 1.29 is 37.4 Å². The van der Waals surface area contributed by atoms with Crippen LogP contribution in [0, 0.1) is 6.07 Å². The molecular formula is C47H14NOY-. The van der Waals surface area contributed by atoms with E-state index in [0.29, 0.717) is 0 Å². The molecule has 3 heteroatoms. The first-order valence-electron chi connectivity index (χ1n) is 17.5. The minimum Gasteiger partial charge on any atom is -0.468 e. The summed E-state index contributed by atoms with van der Waals surface area (Å²) >= 11 is 0. The molecule has 13 aromatic rings. The van der Waals surface area contributed by atoms with Gasteiger partial charge in [0.05, 0.1) is 0 Å². The fourth-order valence-electron chi connectivity index (χ4n) is 13.6. The first-order valence-corrected chi connectivity index (χ1v) is 17.5. The van der Waals surface area contributed by atoms with Gasteiger partial charge in [-0.15, -0.1) is 0 Å². The molecular weight excluding hydrogens is 683 g/mol. The number of hydrogen-bond donors (Lipinski definition) is 0. The van der Waals surface area contributed by atoms with E-state index in [1.54, 1.807) is 0 Å². The molecule has 0 saturated carbocycles. The first kappa shape index (κ1) is 23.3. The molecule has 2 spiro atoms. The molecule has 0 bridgehead atoms. The minimum atomic E-state index is -0.774. The van der Waals surface area contributed by atoms with Crippen molar-refractivity contribution in [1.29, 1.82) is 0 Å². The molecule has 2 nitrogen and oxygen atoms in total. The van der Waals surface area contributed by atoms with Gasteiger partial charge in [0.25, 0.3) is 0 Å². The van der Waals surface area contributed by atoms with Crippen molar-refractivity contribution in [2.45, 2.75) is 11.1 Å². The summed E-state index contributed by atoms with van der Waals surface area (Å²) in [6, 6.07) is 31.0. The zero-order chi connectivity index (χ0) is 30.3. The Kier molecular flexibility index (Phi) is 2.89. The Morgan fingerprint density at radius 1 is 0.480 bits per heavy atom. The Hall–Kier alpha value is -5.15. The Morgan fingerprint density at radius 3 is 1.56 bits per heavy atom.